The van der Waals surface area contributed by atoms with Crippen LogP contribution in [-0.2, 0) is 25.5 Å². The first-order valence-corrected chi connectivity index (χ1v) is 25.8. The van der Waals surface area contributed by atoms with Crippen LogP contribution in [0.4, 0.5) is 5.69 Å². The largest absolute Gasteiger partial charge is 0.508 e. The number of anilines is 1. The van der Waals surface area contributed by atoms with Gasteiger partial charge in [-0.25, -0.2) is 4.79 Å². The third kappa shape index (κ3) is 11.3. The molecule has 4 unspecified atom stereocenters. The fourth-order valence-corrected chi connectivity index (χ4v) is 10.6. The first-order valence-electron chi connectivity index (χ1n) is 25.8. The number of carboxylic acid groups (broad SMARTS) is 1. The molecule has 4 aliphatic heterocycles. The number of hydrogen-bond acceptors (Lipinski definition) is 12. The van der Waals surface area contributed by atoms with Gasteiger partial charge in [0.1, 0.15) is 57.2 Å². The number of fused-ring (bicyclic) bond motifs is 4. The number of benzene rings is 4. The van der Waals surface area contributed by atoms with Gasteiger partial charge in [-0.3, -0.25) is 24.0 Å². The highest BCUT2D eigenvalue weighted by atomic mass is 16.5. The molecule has 3 aromatic carbocycles. The van der Waals surface area contributed by atoms with Crippen molar-refractivity contribution < 1.29 is 57.9 Å². The van der Waals surface area contributed by atoms with Crippen LogP contribution in [0.25, 0.3) is 39.5 Å². The predicted molar refractivity (Wildman–Crippen MR) is 295 cm³/mol. The van der Waals surface area contributed by atoms with Crippen LogP contribution in [0.2, 0.25) is 0 Å². The number of carboxylic acids is 1. The molecule has 0 aromatic heterocycles. The first-order chi connectivity index (χ1) is 36.3. The summed E-state index contributed by atoms with van der Waals surface area (Å²) in [4.78, 5) is 80.6. The van der Waals surface area contributed by atoms with Gasteiger partial charge in [-0.2, -0.15) is 0 Å². The molecule has 0 saturated carbocycles. The highest BCUT2D eigenvalue weighted by molar-refractivity contribution is 6.15. The second kappa shape index (κ2) is 21.5. The van der Waals surface area contributed by atoms with E-state index in [-0.39, 0.29) is 86.4 Å². The summed E-state index contributed by atoms with van der Waals surface area (Å²) in [5.41, 5.74) is 1.74. The molecule has 1 fully saturated rings. The fraction of sp³-hybridized carbons (Fsp3) is 0.355. The summed E-state index contributed by atoms with van der Waals surface area (Å²) in [5, 5.41) is 38.1. The van der Waals surface area contributed by atoms with E-state index in [0.29, 0.717) is 58.2 Å². The molecular formula is C62H66N2O13. The van der Waals surface area contributed by atoms with Gasteiger partial charge in [0.2, 0.25) is 11.8 Å². The Morgan fingerprint density at radius 1 is 0.844 bits per heavy atom. The van der Waals surface area contributed by atoms with Gasteiger partial charge in [0.05, 0.1) is 23.3 Å². The third-order valence-electron chi connectivity index (χ3n) is 14.8. The Hall–Kier alpha value is -8.04. The molecule has 8 rings (SSSR count). The molecule has 15 nitrogen and oxygen atoms in total. The maximum atomic E-state index is 14.7. The van der Waals surface area contributed by atoms with E-state index in [0.717, 1.165) is 12.0 Å². The average Bonchev–Trinajstić information content (AvgIpc) is 3.51. The summed E-state index contributed by atoms with van der Waals surface area (Å²) in [6.45, 7) is 18.3. The van der Waals surface area contributed by atoms with E-state index in [1.807, 2.05) is 66.7 Å². The fourth-order valence-electron chi connectivity index (χ4n) is 10.6. The number of phenolic OH excluding ortho intramolecular Hbond substituents is 2. The van der Waals surface area contributed by atoms with Gasteiger partial charge in [-0.1, -0.05) is 41.5 Å². The summed E-state index contributed by atoms with van der Waals surface area (Å²) in [7, 11) is 0. The normalized spacial score (nSPS) is 21.3. The molecule has 402 valence electrons. The summed E-state index contributed by atoms with van der Waals surface area (Å²) in [6.07, 6.45) is 12.6. The van der Waals surface area contributed by atoms with Crippen molar-refractivity contribution >= 4 is 52.1 Å². The van der Waals surface area contributed by atoms with E-state index in [2.05, 4.69) is 16.7 Å². The Morgan fingerprint density at radius 2 is 1.57 bits per heavy atom. The Kier molecular flexibility index (Phi) is 15.4. The number of amides is 2. The van der Waals surface area contributed by atoms with Crippen molar-refractivity contribution in [3.63, 3.8) is 0 Å². The van der Waals surface area contributed by atoms with E-state index in [9.17, 15) is 44.1 Å². The van der Waals surface area contributed by atoms with E-state index < -0.39 is 53.2 Å². The molecule has 5 aliphatic rings. The number of allylic oxidation sites excluding steroid dienone is 5. The zero-order chi connectivity index (χ0) is 55.9. The van der Waals surface area contributed by atoms with Crippen molar-refractivity contribution in [2.75, 3.05) is 11.9 Å². The van der Waals surface area contributed by atoms with Crippen LogP contribution >= 0.6 is 0 Å². The van der Waals surface area contributed by atoms with E-state index >= 15 is 0 Å². The number of rotatable bonds is 14. The Bertz CT molecular complexity index is 3450. The topological polar surface area (TPSA) is 228 Å². The van der Waals surface area contributed by atoms with Crippen LogP contribution in [0.3, 0.4) is 0 Å². The number of Topliss-reactive ketones (excluding diaryl/α,β-unsaturated/α-hetero) is 2. The Morgan fingerprint density at radius 3 is 2.27 bits per heavy atom. The van der Waals surface area contributed by atoms with Crippen molar-refractivity contribution in [3.05, 3.63) is 140 Å². The molecule has 0 radical (unpaired) electrons. The highest BCUT2D eigenvalue weighted by Gasteiger charge is 2.52. The van der Waals surface area contributed by atoms with E-state index in [1.54, 1.807) is 39.0 Å². The molecule has 5 N–H and O–H groups in total. The minimum absolute atomic E-state index is 0.00487. The molecule has 0 spiro atoms. The number of aromatic hydroxyl groups is 2. The lowest BCUT2D eigenvalue weighted by Gasteiger charge is -2.44. The third-order valence-corrected chi connectivity index (χ3v) is 14.8. The smallest absolute Gasteiger partial charge is 0.336 e. The Labute approximate surface area is 447 Å². The highest BCUT2D eigenvalue weighted by Crippen LogP contribution is 2.53. The molecule has 3 aromatic rings. The van der Waals surface area contributed by atoms with Gasteiger partial charge in [-0.15, -0.1) is 0 Å². The van der Waals surface area contributed by atoms with Gasteiger partial charge in [0, 0.05) is 69.8 Å². The minimum atomic E-state index is -1.41. The quantitative estimate of drug-likeness (QED) is 0.0397. The second-order valence-electron chi connectivity index (χ2n) is 21.6. The summed E-state index contributed by atoms with van der Waals surface area (Å²) >= 11 is 0. The predicted octanol–water partition coefficient (Wildman–Crippen LogP) is 11.6. The van der Waals surface area contributed by atoms with Crippen molar-refractivity contribution in [2.45, 2.75) is 131 Å². The van der Waals surface area contributed by atoms with Crippen LogP contribution in [0.1, 0.15) is 133 Å². The van der Waals surface area contributed by atoms with Gasteiger partial charge < -0.3 is 44.6 Å². The number of nitrogens with one attached hydrogen (secondary N) is 2. The van der Waals surface area contributed by atoms with E-state index in [1.165, 1.54) is 54.1 Å². The molecule has 2 amide bonds. The van der Waals surface area contributed by atoms with Gasteiger partial charge in [0.15, 0.2) is 17.0 Å². The SMILES string of the molecule is C/C=C1/C(=O)c2c(O)c3c(c(CC=C(C)C)c2OC1C1CCC(=O)C(C)(C/C=C(/C)C(=O)NCC(=O)Nc2ccc(-c4c5ccc(=O)cc-5oc5cc(O)ccc45)c(C(=O)O)c2)OC1(C)C)OC(C)(CCC=C(C)C)C=C3. The number of carbonyl (C=O) groups excluding carboxylic acids is 4. The summed E-state index contributed by atoms with van der Waals surface area (Å²) in [6, 6.07) is 12.9. The molecule has 15 heteroatoms. The molecule has 1 aliphatic carbocycles. The minimum Gasteiger partial charge on any atom is -0.508 e. The van der Waals surface area contributed by atoms with Crippen LogP contribution in [0.5, 0.6) is 23.0 Å². The van der Waals surface area contributed by atoms with Crippen molar-refractivity contribution in [1.82, 2.24) is 5.32 Å². The first kappa shape index (κ1) is 55.2. The summed E-state index contributed by atoms with van der Waals surface area (Å²) < 4.78 is 26.5. The number of carbonyl (C=O) groups is 5. The lowest BCUT2D eigenvalue weighted by Crippen LogP contribution is -2.50. The van der Waals surface area contributed by atoms with Crippen molar-refractivity contribution in [3.8, 4) is 45.4 Å². The molecule has 0 bridgehead atoms. The number of phenols is 2. The number of ketones is 2. The van der Waals surface area contributed by atoms with Gasteiger partial charge in [0.25, 0.3) is 0 Å². The molecule has 4 heterocycles. The number of ether oxygens (including phenoxy) is 3. The standard InChI is InChI=1S/C62H66N2O13/c1-11-39-53(69)52-54(70)43-25-27-61(9,26-12-13-33(2)3)76-55(43)44(18-14-34(4)5)57(52)75-56(39)46-22-23-49(67)62(10,77-60(46,7)8)28-24-35(6)58(71)63-32-50(68)64-36-15-19-40(45(29-36)59(72)73)51-41-20-16-37(65)30-47(41)74-48-31-38(66)17-21-42(48)51/h11,13-17,19-21,24-25,27,29-31,46,56,65,70H,12,18,22-23,26,28,32H2,1-10H3,(H,63,71)(H,64,68)(H,72,73)/b35-24-,39-11-. The zero-order valence-corrected chi connectivity index (χ0v) is 45.2. The zero-order valence-electron chi connectivity index (χ0n) is 45.2. The lowest BCUT2D eigenvalue weighted by atomic mass is 9.76. The summed E-state index contributed by atoms with van der Waals surface area (Å²) in [5.74, 6) is -3.09. The van der Waals surface area contributed by atoms with Gasteiger partial charge >= 0.3 is 5.97 Å². The maximum absolute atomic E-state index is 14.7. The lowest BCUT2D eigenvalue weighted by molar-refractivity contribution is -0.171. The molecule has 77 heavy (non-hydrogen) atoms. The molecular weight excluding hydrogens is 981 g/mol. The second-order valence-corrected chi connectivity index (χ2v) is 21.6. The maximum Gasteiger partial charge on any atom is 0.336 e. The average molecular weight is 1050 g/mol. The number of hydrogen-bond donors (Lipinski definition) is 5. The van der Waals surface area contributed by atoms with Crippen LogP contribution < -0.4 is 25.5 Å². The van der Waals surface area contributed by atoms with Crippen molar-refractivity contribution in [1.29, 1.82) is 0 Å². The van der Waals surface area contributed by atoms with Crippen LogP contribution in [-0.4, -0.2) is 74.1 Å². The van der Waals surface area contributed by atoms with Crippen molar-refractivity contribution in [2.24, 2.45) is 5.92 Å². The Balaban J connectivity index is 0.974. The number of aromatic carboxylic acids is 1. The van der Waals surface area contributed by atoms with Crippen LogP contribution in [0, 0.1) is 5.92 Å². The monoisotopic (exact) mass is 1050 g/mol. The molecule has 1 saturated heterocycles. The van der Waals surface area contributed by atoms with Gasteiger partial charge in [-0.05, 0) is 149 Å². The van der Waals surface area contributed by atoms with E-state index in [4.69, 9.17) is 18.6 Å². The van der Waals surface area contributed by atoms with Crippen LogP contribution in [0.15, 0.2) is 116 Å². The molecule has 4 atom stereocenters.